The summed E-state index contributed by atoms with van der Waals surface area (Å²) in [5.74, 6) is 2.88. The first-order valence-corrected chi connectivity index (χ1v) is 18.8. The van der Waals surface area contributed by atoms with Crippen molar-refractivity contribution in [2.24, 2.45) is 11.8 Å². The topological polar surface area (TPSA) is 99.8 Å². The molecule has 1 unspecified atom stereocenters. The van der Waals surface area contributed by atoms with Crippen LogP contribution < -0.4 is 20.1 Å². The fourth-order valence-corrected chi connectivity index (χ4v) is 7.82. The number of benzene rings is 2. The summed E-state index contributed by atoms with van der Waals surface area (Å²) in [7, 11) is -3.30. The third-order valence-electron chi connectivity index (χ3n) is 9.71. The molecule has 0 radical (unpaired) electrons. The molecule has 3 fully saturated rings. The SMILES string of the molecule is CS(=O)(=O)Nc1ccc(Oc2ccc(CN3CCC(NC(C(=O)NCCC4CCCCC4)C4CCCCC4)CC3)cc2)cc1.Cl. The van der Waals surface area contributed by atoms with Crippen LogP contribution >= 0.6 is 12.4 Å². The minimum absolute atomic E-state index is 0. The van der Waals surface area contributed by atoms with Crippen molar-refractivity contribution in [1.29, 1.82) is 0 Å². The maximum atomic E-state index is 13.5. The number of piperidine rings is 1. The molecular weight excluding hydrogens is 608 g/mol. The largest absolute Gasteiger partial charge is 0.457 e. The minimum atomic E-state index is -3.30. The van der Waals surface area contributed by atoms with Crippen molar-refractivity contribution in [2.45, 2.75) is 102 Å². The summed E-state index contributed by atoms with van der Waals surface area (Å²) >= 11 is 0. The summed E-state index contributed by atoms with van der Waals surface area (Å²) in [5, 5.41) is 7.20. The van der Waals surface area contributed by atoms with Crippen molar-refractivity contribution in [3.8, 4) is 11.5 Å². The number of halogens is 1. The maximum Gasteiger partial charge on any atom is 0.237 e. The van der Waals surface area contributed by atoms with Gasteiger partial charge in [-0.3, -0.25) is 14.4 Å². The second-order valence-electron chi connectivity index (χ2n) is 13.3. The van der Waals surface area contributed by atoms with Crippen molar-refractivity contribution in [3.63, 3.8) is 0 Å². The number of ether oxygens (including phenoxy) is 1. The van der Waals surface area contributed by atoms with Gasteiger partial charge in [0.05, 0.1) is 12.3 Å². The molecule has 10 heteroatoms. The Bertz CT molecular complexity index is 1270. The average molecular weight is 661 g/mol. The van der Waals surface area contributed by atoms with Crippen LogP contribution in [0.15, 0.2) is 48.5 Å². The third kappa shape index (κ3) is 11.8. The minimum Gasteiger partial charge on any atom is -0.457 e. The number of likely N-dealkylation sites (tertiary alicyclic amines) is 1. The summed E-state index contributed by atoms with van der Waals surface area (Å²) in [5.41, 5.74) is 1.75. The van der Waals surface area contributed by atoms with E-state index >= 15 is 0 Å². The van der Waals surface area contributed by atoms with Gasteiger partial charge < -0.3 is 15.4 Å². The first-order valence-electron chi connectivity index (χ1n) is 16.9. The summed E-state index contributed by atoms with van der Waals surface area (Å²) in [6, 6.07) is 15.4. The molecule has 250 valence electrons. The van der Waals surface area contributed by atoms with Gasteiger partial charge in [0.2, 0.25) is 15.9 Å². The van der Waals surface area contributed by atoms with Gasteiger partial charge in [-0.05, 0) is 99.0 Å². The lowest BCUT2D eigenvalue weighted by Gasteiger charge is -2.37. The van der Waals surface area contributed by atoms with Crippen molar-refractivity contribution in [3.05, 3.63) is 54.1 Å². The Morgan fingerprint density at radius 3 is 2.02 bits per heavy atom. The van der Waals surface area contributed by atoms with Crippen LogP contribution in [-0.4, -0.2) is 57.2 Å². The fourth-order valence-electron chi connectivity index (χ4n) is 7.25. The van der Waals surface area contributed by atoms with Crippen LogP contribution in [0.25, 0.3) is 0 Å². The molecule has 2 aromatic rings. The van der Waals surface area contributed by atoms with Gasteiger partial charge in [-0.2, -0.15) is 0 Å². The molecule has 1 amide bonds. The summed E-state index contributed by atoms with van der Waals surface area (Å²) in [6.07, 6.45) is 17.3. The van der Waals surface area contributed by atoms with E-state index in [1.54, 1.807) is 24.3 Å². The van der Waals surface area contributed by atoms with Crippen molar-refractivity contribution in [2.75, 3.05) is 30.6 Å². The predicted octanol–water partition coefficient (Wildman–Crippen LogP) is 6.86. The molecule has 1 atom stereocenters. The first kappa shape index (κ1) is 35.5. The molecule has 8 nitrogen and oxygen atoms in total. The zero-order chi connectivity index (χ0) is 30.8. The maximum absolute atomic E-state index is 13.5. The summed E-state index contributed by atoms with van der Waals surface area (Å²) < 4.78 is 31.2. The van der Waals surface area contributed by atoms with Gasteiger partial charge in [0.15, 0.2) is 0 Å². The number of sulfonamides is 1. The van der Waals surface area contributed by atoms with Crippen LogP contribution in [0, 0.1) is 11.8 Å². The van der Waals surface area contributed by atoms with Gasteiger partial charge >= 0.3 is 0 Å². The number of nitrogens with one attached hydrogen (secondary N) is 3. The van der Waals surface area contributed by atoms with Gasteiger partial charge in [0.1, 0.15) is 11.5 Å². The Labute approximate surface area is 276 Å². The molecule has 2 aliphatic carbocycles. The molecular formula is C35H53ClN4O4S. The molecule has 1 saturated heterocycles. The van der Waals surface area contributed by atoms with Crippen molar-refractivity contribution >= 4 is 34.0 Å². The lowest BCUT2D eigenvalue weighted by atomic mass is 9.82. The van der Waals surface area contributed by atoms with Gasteiger partial charge in [0, 0.05) is 24.8 Å². The summed E-state index contributed by atoms with van der Waals surface area (Å²) in [6.45, 7) is 3.76. The average Bonchev–Trinajstić information content (AvgIpc) is 3.03. The van der Waals surface area contributed by atoms with E-state index in [2.05, 4.69) is 32.4 Å². The predicted molar refractivity (Wildman–Crippen MR) is 185 cm³/mol. The van der Waals surface area contributed by atoms with Crippen LogP contribution in [0.5, 0.6) is 11.5 Å². The second kappa shape index (κ2) is 17.5. The number of hydrogen-bond donors (Lipinski definition) is 3. The molecule has 3 N–H and O–H groups in total. The third-order valence-corrected chi connectivity index (χ3v) is 10.3. The molecule has 2 aromatic carbocycles. The summed E-state index contributed by atoms with van der Waals surface area (Å²) in [4.78, 5) is 16.0. The Hall–Kier alpha value is -2.33. The molecule has 0 spiro atoms. The zero-order valence-electron chi connectivity index (χ0n) is 26.8. The van der Waals surface area contributed by atoms with Crippen LogP contribution in [0.1, 0.15) is 89.0 Å². The Balaban J connectivity index is 0.00000461. The van der Waals surface area contributed by atoms with Crippen LogP contribution in [0.4, 0.5) is 5.69 Å². The monoisotopic (exact) mass is 660 g/mol. The highest BCUT2D eigenvalue weighted by Crippen LogP contribution is 2.29. The second-order valence-corrected chi connectivity index (χ2v) is 15.1. The first-order chi connectivity index (χ1) is 21.3. The van der Waals surface area contributed by atoms with E-state index in [1.165, 1.54) is 56.9 Å². The van der Waals surface area contributed by atoms with E-state index in [0.29, 0.717) is 23.4 Å². The molecule has 3 aliphatic rings. The zero-order valence-corrected chi connectivity index (χ0v) is 28.5. The fraction of sp³-hybridized carbons (Fsp3) is 0.629. The van der Waals surface area contributed by atoms with Crippen molar-refractivity contribution < 1.29 is 17.9 Å². The highest BCUT2D eigenvalue weighted by molar-refractivity contribution is 7.92. The van der Waals surface area contributed by atoms with Crippen LogP contribution in [-0.2, 0) is 21.4 Å². The number of carbonyl (C=O) groups excluding carboxylic acids is 1. The number of carbonyl (C=O) groups is 1. The Kier molecular flexibility index (Phi) is 13.9. The highest BCUT2D eigenvalue weighted by Gasteiger charge is 2.32. The number of amides is 1. The lowest BCUT2D eigenvalue weighted by Crippen LogP contribution is -2.55. The number of hydrogen-bond acceptors (Lipinski definition) is 6. The number of anilines is 1. The van der Waals surface area contributed by atoms with E-state index < -0.39 is 10.0 Å². The van der Waals surface area contributed by atoms with E-state index in [4.69, 9.17) is 4.74 Å². The van der Waals surface area contributed by atoms with Gasteiger partial charge in [-0.1, -0.05) is 63.5 Å². The van der Waals surface area contributed by atoms with E-state index in [1.807, 2.05) is 12.1 Å². The molecule has 2 saturated carbocycles. The lowest BCUT2D eigenvalue weighted by molar-refractivity contribution is -0.125. The quantitative estimate of drug-likeness (QED) is 0.217. The molecule has 0 bridgehead atoms. The van der Waals surface area contributed by atoms with E-state index in [0.717, 1.165) is 76.2 Å². The number of rotatable bonds is 13. The van der Waals surface area contributed by atoms with Gasteiger partial charge in [-0.25, -0.2) is 8.42 Å². The van der Waals surface area contributed by atoms with Gasteiger partial charge in [-0.15, -0.1) is 12.4 Å². The smallest absolute Gasteiger partial charge is 0.237 e. The normalized spacial score (nSPS) is 19.8. The van der Waals surface area contributed by atoms with E-state index in [-0.39, 0.29) is 24.4 Å². The molecule has 1 aliphatic heterocycles. The Morgan fingerprint density at radius 1 is 0.844 bits per heavy atom. The number of nitrogens with zero attached hydrogens (tertiary/aromatic N) is 1. The molecule has 5 rings (SSSR count). The Morgan fingerprint density at radius 2 is 1.42 bits per heavy atom. The van der Waals surface area contributed by atoms with Crippen molar-refractivity contribution in [1.82, 2.24) is 15.5 Å². The highest BCUT2D eigenvalue weighted by atomic mass is 35.5. The molecule has 1 heterocycles. The standard InChI is InChI=1S/C35H52N4O4S.ClH/c1-44(41,42)38-31-14-18-33(19-15-31)43-32-16-12-28(13-17-32)26-39-24-21-30(22-25-39)37-34(29-10-6-3-7-11-29)35(40)36-23-20-27-8-4-2-5-9-27;/h12-19,27,29-30,34,37-38H,2-11,20-26H2,1H3,(H,36,40);1H. The molecule has 0 aromatic heterocycles. The molecule has 45 heavy (non-hydrogen) atoms. The van der Waals surface area contributed by atoms with Crippen LogP contribution in [0.3, 0.4) is 0 Å². The van der Waals surface area contributed by atoms with Gasteiger partial charge in [0.25, 0.3) is 0 Å². The van der Waals surface area contributed by atoms with Crippen LogP contribution in [0.2, 0.25) is 0 Å². The van der Waals surface area contributed by atoms with E-state index in [9.17, 15) is 13.2 Å².